The van der Waals surface area contributed by atoms with Gasteiger partial charge in [0, 0.05) is 38.8 Å². The maximum Gasteiger partial charge on any atom is 0.249 e. The normalized spacial score (nSPS) is 25.8. The van der Waals surface area contributed by atoms with Crippen LogP contribution in [0.4, 0.5) is 0 Å². The molecule has 0 spiro atoms. The molecule has 8 heteroatoms. The number of fused-ring (bicyclic) bond motifs is 3. The highest BCUT2D eigenvalue weighted by molar-refractivity contribution is 5.81. The van der Waals surface area contributed by atoms with Crippen LogP contribution in [-0.4, -0.2) is 63.3 Å². The van der Waals surface area contributed by atoms with E-state index in [1.165, 1.54) is 51.4 Å². The van der Waals surface area contributed by atoms with Crippen LogP contribution in [0.5, 0.6) is 0 Å². The summed E-state index contributed by atoms with van der Waals surface area (Å²) in [5, 5.41) is 8.34. The Morgan fingerprint density at radius 1 is 0.470 bits per heavy atom. The highest BCUT2D eigenvalue weighted by atomic mass is 16.5. The summed E-state index contributed by atoms with van der Waals surface area (Å²) < 4.78 is 10.2. The van der Waals surface area contributed by atoms with Crippen molar-refractivity contribution in [2.24, 2.45) is 29.6 Å². The number of ether oxygens (including phenoxy) is 2. The minimum absolute atomic E-state index is 0.0417. The number of hydrogen-bond acceptors (Lipinski definition) is 5. The lowest BCUT2D eigenvalue weighted by atomic mass is 9.77. The second kappa shape index (κ2) is 29.7. The van der Waals surface area contributed by atoms with Crippen molar-refractivity contribution in [3.8, 4) is 0 Å². The second-order valence-electron chi connectivity index (χ2n) is 19.7. The lowest BCUT2D eigenvalue weighted by molar-refractivity contribution is -0.130. The molecular weight excluding hydrogens is 819 g/mol. The van der Waals surface area contributed by atoms with Gasteiger partial charge in [0.2, 0.25) is 17.7 Å². The van der Waals surface area contributed by atoms with E-state index in [-0.39, 0.29) is 29.7 Å². The number of nitrogens with one attached hydrogen (secondary N) is 3. The molecule has 5 unspecified atom stereocenters. The third-order valence-corrected chi connectivity index (χ3v) is 15.1. The van der Waals surface area contributed by atoms with Gasteiger partial charge in [-0.3, -0.25) is 14.4 Å². The zero-order valence-corrected chi connectivity index (χ0v) is 42.6. The summed E-state index contributed by atoms with van der Waals surface area (Å²) in [5.41, 5.74) is 9.46. The molecule has 4 aliphatic carbocycles. The maximum absolute atomic E-state index is 11.1. The summed E-state index contributed by atoms with van der Waals surface area (Å²) in [4.78, 5) is 33.2. The highest BCUT2D eigenvalue weighted by Gasteiger charge is 2.26. The zero-order chi connectivity index (χ0) is 47.8. The number of benzene rings is 3. The third kappa shape index (κ3) is 17.3. The fourth-order valence-corrected chi connectivity index (χ4v) is 10.1. The lowest BCUT2D eigenvalue weighted by Gasteiger charge is -2.28. The molecule has 2 saturated heterocycles. The fourth-order valence-electron chi connectivity index (χ4n) is 10.1. The van der Waals surface area contributed by atoms with Gasteiger partial charge >= 0.3 is 0 Å². The summed E-state index contributed by atoms with van der Waals surface area (Å²) in [5.74, 6) is 5.75. The van der Waals surface area contributed by atoms with E-state index in [0.29, 0.717) is 19.1 Å². The van der Waals surface area contributed by atoms with Crippen molar-refractivity contribution in [2.45, 2.75) is 170 Å². The molecule has 8 nitrogen and oxygen atoms in total. The molecule has 0 bridgehead atoms. The number of hydrogen-bond donors (Lipinski definition) is 3. The smallest absolute Gasteiger partial charge is 0.249 e. The summed E-state index contributed by atoms with van der Waals surface area (Å²) in [6.07, 6.45) is 15.2. The first-order valence-corrected chi connectivity index (χ1v) is 26.2. The van der Waals surface area contributed by atoms with E-state index in [0.717, 1.165) is 93.9 Å². The quantitative estimate of drug-likeness (QED) is 0.228. The van der Waals surface area contributed by atoms with Gasteiger partial charge < -0.3 is 25.4 Å². The summed E-state index contributed by atoms with van der Waals surface area (Å²) in [6.45, 7) is 24.2. The molecule has 0 radical (unpaired) electrons. The standard InChI is InChI=1S/3C12H16.C8H15NO.2C7H13NO2/c3*1-9-7-8-11-5-3-4-6-12(11)10(9)2;1-2-9-8(10)7-5-3-4-6-7;1-2-8-7(9)6-3-4-10-5-6;1-2-8-7(9)6-4-3-5-10-6/h3*3-6,9-10H,7-8H2,1-2H3;7H,2-6H2,1H3,(H,9,10);2*6H,2-5H2,1H3,(H,8,9)/t3*9-,10?;;;/m111.../s1. The van der Waals surface area contributed by atoms with E-state index in [9.17, 15) is 14.4 Å². The molecule has 2 heterocycles. The molecular formula is C58H89N3O5. The molecule has 3 aromatic carbocycles. The first kappa shape index (κ1) is 54.6. The Bertz CT molecular complexity index is 1650. The van der Waals surface area contributed by atoms with Gasteiger partial charge in [-0.2, -0.15) is 0 Å². The van der Waals surface area contributed by atoms with E-state index < -0.39 is 0 Å². The molecule has 3 amide bonds. The van der Waals surface area contributed by atoms with Crippen LogP contribution in [0.25, 0.3) is 0 Å². The van der Waals surface area contributed by atoms with E-state index in [2.05, 4.69) is 130 Å². The second-order valence-corrected chi connectivity index (χ2v) is 19.7. The highest BCUT2D eigenvalue weighted by Crippen LogP contribution is 2.37. The number of amides is 3. The third-order valence-electron chi connectivity index (χ3n) is 15.1. The molecule has 1 saturated carbocycles. The van der Waals surface area contributed by atoms with Crippen molar-refractivity contribution in [3.05, 3.63) is 106 Å². The van der Waals surface area contributed by atoms with E-state index >= 15 is 0 Å². The Morgan fingerprint density at radius 3 is 1.23 bits per heavy atom. The monoisotopic (exact) mass is 908 g/mol. The van der Waals surface area contributed by atoms with Gasteiger partial charge in [-0.1, -0.05) is 127 Å². The van der Waals surface area contributed by atoms with Crippen LogP contribution in [0.15, 0.2) is 72.8 Å². The summed E-state index contributed by atoms with van der Waals surface area (Å²) in [7, 11) is 0. The van der Waals surface area contributed by atoms with Crippen molar-refractivity contribution in [3.63, 3.8) is 0 Å². The molecule has 9 rings (SSSR count). The van der Waals surface area contributed by atoms with Gasteiger partial charge in [0.1, 0.15) is 6.10 Å². The van der Waals surface area contributed by atoms with Crippen LogP contribution in [0.1, 0.15) is 178 Å². The van der Waals surface area contributed by atoms with E-state index in [4.69, 9.17) is 9.47 Å². The number of carbonyl (C=O) groups is 3. The van der Waals surface area contributed by atoms with Crippen LogP contribution >= 0.6 is 0 Å². The average molecular weight is 908 g/mol. The Morgan fingerprint density at radius 2 is 0.864 bits per heavy atom. The van der Waals surface area contributed by atoms with Crippen LogP contribution in [0.3, 0.4) is 0 Å². The molecule has 66 heavy (non-hydrogen) atoms. The molecule has 3 N–H and O–H groups in total. The SMILES string of the molecule is CC1c2ccccc2CC[C@H]1C.CC1c2ccccc2CC[C@H]1C.CC1c2ccccc2CC[C@H]1C.CCNC(=O)C1CCCC1.CCNC(=O)C1CCCO1.CCNC(=O)C1CCOC1. The van der Waals surface area contributed by atoms with Gasteiger partial charge in [-0.05, 0) is 160 Å². The largest absolute Gasteiger partial charge is 0.381 e. The zero-order valence-electron chi connectivity index (χ0n) is 42.6. The minimum atomic E-state index is -0.167. The predicted molar refractivity (Wildman–Crippen MR) is 273 cm³/mol. The van der Waals surface area contributed by atoms with Crippen LogP contribution in [-0.2, 0) is 43.1 Å². The first-order chi connectivity index (χ1) is 31.9. The molecule has 3 aromatic rings. The number of rotatable bonds is 6. The molecule has 6 aliphatic rings. The van der Waals surface area contributed by atoms with Crippen molar-refractivity contribution in [1.82, 2.24) is 16.0 Å². The molecule has 2 aliphatic heterocycles. The lowest BCUT2D eigenvalue weighted by Crippen LogP contribution is -2.33. The number of carbonyl (C=O) groups excluding carboxylic acids is 3. The van der Waals surface area contributed by atoms with E-state index in [1.54, 1.807) is 33.4 Å². The minimum Gasteiger partial charge on any atom is -0.381 e. The van der Waals surface area contributed by atoms with Crippen LogP contribution in [0.2, 0.25) is 0 Å². The van der Waals surface area contributed by atoms with E-state index in [1.807, 2.05) is 20.8 Å². The van der Waals surface area contributed by atoms with Gasteiger partial charge in [-0.25, -0.2) is 0 Å². The first-order valence-electron chi connectivity index (χ1n) is 26.2. The fraction of sp³-hybridized carbons (Fsp3) is 0.638. The number of aryl methyl sites for hydroxylation is 3. The van der Waals surface area contributed by atoms with Gasteiger partial charge in [0.15, 0.2) is 0 Å². The van der Waals surface area contributed by atoms with Gasteiger partial charge in [0.25, 0.3) is 0 Å². The summed E-state index contributed by atoms with van der Waals surface area (Å²) in [6, 6.07) is 26.6. The Balaban J connectivity index is 0.000000174. The molecule has 3 fully saturated rings. The van der Waals surface area contributed by atoms with Crippen molar-refractivity contribution >= 4 is 17.7 Å². The van der Waals surface area contributed by atoms with Gasteiger partial charge in [-0.15, -0.1) is 0 Å². The summed E-state index contributed by atoms with van der Waals surface area (Å²) >= 11 is 0. The van der Waals surface area contributed by atoms with Crippen molar-refractivity contribution in [2.75, 3.05) is 39.5 Å². The Hall–Kier alpha value is -4.01. The maximum atomic E-state index is 11.1. The van der Waals surface area contributed by atoms with Crippen LogP contribution < -0.4 is 16.0 Å². The molecule has 0 aromatic heterocycles. The number of likely N-dealkylation sites (N-methyl/N-ethyl adjacent to an activating group) is 1. The Kier molecular flexibility index (Phi) is 24.6. The molecule has 8 atom stereocenters. The average Bonchev–Trinajstić information content (AvgIpc) is 4.18. The Labute approximate surface area is 400 Å². The topological polar surface area (TPSA) is 106 Å². The predicted octanol–water partition coefficient (Wildman–Crippen LogP) is 11.9. The van der Waals surface area contributed by atoms with Crippen molar-refractivity contribution < 1.29 is 23.9 Å². The van der Waals surface area contributed by atoms with Gasteiger partial charge in [0.05, 0.1) is 12.5 Å². The molecule has 366 valence electrons. The van der Waals surface area contributed by atoms with Crippen molar-refractivity contribution in [1.29, 1.82) is 0 Å². The van der Waals surface area contributed by atoms with Crippen LogP contribution in [0, 0.1) is 29.6 Å².